The van der Waals surface area contributed by atoms with E-state index < -0.39 is 0 Å². The van der Waals surface area contributed by atoms with E-state index in [9.17, 15) is 0 Å². The quantitative estimate of drug-likeness (QED) is 0.788. The first-order valence-electron chi connectivity index (χ1n) is 5.48. The molecule has 0 aliphatic carbocycles. The molecule has 0 aliphatic heterocycles. The summed E-state index contributed by atoms with van der Waals surface area (Å²) >= 11 is 0. The Bertz CT molecular complexity index is 474. The molecule has 0 N–H and O–H groups in total. The normalized spacial score (nSPS) is 10.4. The van der Waals surface area contributed by atoms with Crippen LogP contribution in [0.15, 0.2) is 30.3 Å². The summed E-state index contributed by atoms with van der Waals surface area (Å²) in [5, 5.41) is 4.46. The summed E-state index contributed by atoms with van der Waals surface area (Å²) in [6.07, 6.45) is 0. The van der Waals surface area contributed by atoms with Gasteiger partial charge in [-0.15, -0.1) is 5.10 Å². The molecule has 1 aromatic heterocycles. The second-order valence-corrected chi connectivity index (χ2v) is 3.70. The van der Waals surface area contributed by atoms with E-state index in [-0.39, 0.29) is 0 Å². The molecule has 3 heteroatoms. The summed E-state index contributed by atoms with van der Waals surface area (Å²) in [5.74, 6) is 0.726. The fourth-order valence-corrected chi connectivity index (χ4v) is 1.65. The number of aromatic nitrogens is 2. The molecule has 0 saturated heterocycles. The van der Waals surface area contributed by atoms with Crippen LogP contribution >= 0.6 is 0 Å². The van der Waals surface area contributed by atoms with Crippen molar-refractivity contribution < 1.29 is 4.74 Å². The molecule has 0 saturated carbocycles. The van der Waals surface area contributed by atoms with E-state index in [1.165, 1.54) is 0 Å². The van der Waals surface area contributed by atoms with Gasteiger partial charge in [-0.2, -0.15) is 0 Å². The van der Waals surface area contributed by atoms with Gasteiger partial charge < -0.3 is 4.74 Å². The molecule has 0 unspecified atom stereocenters. The van der Waals surface area contributed by atoms with Gasteiger partial charge in [0.05, 0.1) is 12.3 Å². The SMILES string of the molecule is CCOc1nn(-c2ccccc2)c(C)c1C. The van der Waals surface area contributed by atoms with Gasteiger partial charge in [-0.3, -0.25) is 0 Å². The van der Waals surface area contributed by atoms with Gasteiger partial charge in [-0.25, -0.2) is 4.68 Å². The zero-order valence-corrected chi connectivity index (χ0v) is 9.90. The number of benzene rings is 1. The van der Waals surface area contributed by atoms with Crippen molar-refractivity contribution >= 4 is 0 Å². The average molecular weight is 216 g/mol. The Kier molecular flexibility index (Phi) is 2.95. The summed E-state index contributed by atoms with van der Waals surface area (Å²) < 4.78 is 7.40. The fraction of sp³-hybridized carbons (Fsp3) is 0.308. The molecule has 16 heavy (non-hydrogen) atoms. The number of hydrogen-bond donors (Lipinski definition) is 0. The summed E-state index contributed by atoms with van der Waals surface area (Å²) in [6.45, 7) is 6.70. The van der Waals surface area contributed by atoms with Crippen LogP contribution in [0.2, 0.25) is 0 Å². The number of nitrogens with zero attached hydrogens (tertiary/aromatic N) is 2. The summed E-state index contributed by atoms with van der Waals surface area (Å²) in [5.41, 5.74) is 3.29. The Morgan fingerprint density at radius 3 is 2.50 bits per heavy atom. The number of ether oxygens (including phenoxy) is 1. The van der Waals surface area contributed by atoms with Crippen LogP contribution in [-0.4, -0.2) is 16.4 Å². The highest BCUT2D eigenvalue weighted by Crippen LogP contribution is 2.22. The van der Waals surface area contributed by atoms with E-state index in [0.717, 1.165) is 22.8 Å². The molecule has 3 nitrogen and oxygen atoms in total. The smallest absolute Gasteiger partial charge is 0.236 e. The Hall–Kier alpha value is -1.77. The Morgan fingerprint density at radius 1 is 1.19 bits per heavy atom. The van der Waals surface area contributed by atoms with E-state index >= 15 is 0 Å². The molecule has 0 radical (unpaired) electrons. The molecule has 1 aromatic carbocycles. The molecule has 0 atom stereocenters. The largest absolute Gasteiger partial charge is 0.477 e. The summed E-state index contributed by atoms with van der Waals surface area (Å²) in [6, 6.07) is 10.1. The van der Waals surface area contributed by atoms with Crippen molar-refractivity contribution in [2.24, 2.45) is 0 Å². The van der Waals surface area contributed by atoms with Gasteiger partial charge in [0.1, 0.15) is 0 Å². The average Bonchev–Trinajstić information content (AvgIpc) is 2.59. The number of rotatable bonds is 3. The van der Waals surface area contributed by atoms with E-state index in [4.69, 9.17) is 4.74 Å². The Morgan fingerprint density at radius 2 is 1.88 bits per heavy atom. The lowest BCUT2D eigenvalue weighted by atomic mass is 10.2. The maximum atomic E-state index is 5.49. The van der Waals surface area contributed by atoms with Gasteiger partial charge in [0, 0.05) is 11.3 Å². The molecular formula is C13H16N2O. The van der Waals surface area contributed by atoms with E-state index in [1.807, 2.05) is 48.9 Å². The monoisotopic (exact) mass is 216 g/mol. The lowest BCUT2D eigenvalue weighted by Crippen LogP contribution is -1.99. The number of hydrogen-bond acceptors (Lipinski definition) is 2. The van der Waals surface area contributed by atoms with Crippen LogP contribution in [-0.2, 0) is 0 Å². The van der Waals surface area contributed by atoms with Crippen molar-refractivity contribution in [3.05, 3.63) is 41.6 Å². The maximum absolute atomic E-state index is 5.49. The van der Waals surface area contributed by atoms with Gasteiger partial charge in [-0.1, -0.05) is 18.2 Å². The lowest BCUT2D eigenvalue weighted by Gasteiger charge is -2.02. The maximum Gasteiger partial charge on any atom is 0.236 e. The molecular weight excluding hydrogens is 200 g/mol. The molecule has 0 bridgehead atoms. The zero-order chi connectivity index (χ0) is 11.5. The molecule has 0 aliphatic rings. The van der Waals surface area contributed by atoms with Crippen molar-refractivity contribution in [1.29, 1.82) is 0 Å². The molecule has 0 fully saturated rings. The van der Waals surface area contributed by atoms with E-state index in [2.05, 4.69) is 12.0 Å². The lowest BCUT2D eigenvalue weighted by molar-refractivity contribution is 0.322. The van der Waals surface area contributed by atoms with Crippen LogP contribution in [0.5, 0.6) is 5.88 Å². The molecule has 2 rings (SSSR count). The van der Waals surface area contributed by atoms with Crippen molar-refractivity contribution in [3.63, 3.8) is 0 Å². The van der Waals surface area contributed by atoms with Crippen LogP contribution in [0, 0.1) is 13.8 Å². The number of para-hydroxylation sites is 1. The fourth-order valence-electron chi connectivity index (χ4n) is 1.65. The topological polar surface area (TPSA) is 27.1 Å². The second kappa shape index (κ2) is 4.39. The minimum Gasteiger partial charge on any atom is -0.477 e. The van der Waals surface area contributed by atoms with Crippen molar-refractivity contribution in [2.75, 3.05) is 6.61 Å². The van der Waals surface area contributed by atoms with Crippen LogP contribution < -0.4 is 4.74 Å². The third-order valence-electron chi connectivity index (χ3n) is 2.65. The first-order chi connectivity index (χ1) is 7.74. The molecule has 84 valence electrons. The molecule has 1 heterocycles. The second-order valence-electron chi connectivity index (χ2n) is 3.70. The van der Waals surface area contributed by atoms with Gasteiger partial charge in [0.15, 0.2) is 0 Å². The summed E-state index contributed by atoms with van der Waals surface area (Å²) in [7, 11) is 0. The van der Waals surface area contributed by atoms with Gasteiger partial charge in [0.25, 0.3) is 0 Å². The molecule has 2 aromatic rings. The Labute approximate surface area is 95.7 Å². The van der Waals surface area contributed by atoms with Crippen LogP contribution in [0.1, 0.15) is 18.2 Å². The predicted molar refractivity (Wildman–Crippen MR) is 64.2 cm³/mol. The molecule has 0 spiro atoms. The Balaban J connectivity index is 2.46. The van der Waals surface area contributed by atoms with Crippen molar-refractivity contribution in [2.45, 2.75) is 20.8 Å². The zero-order valence-electron chi connectivity index (χ0n) is 9.90. The van der Waals surface area contributed by atoms with Gasteiger partial charge in [-0.05, 0) is 32.9 Å². The van der Waals surface area contributed by atoms with Gasteiger partial charge in [0.2, 0.25) is 5.88 Å². The van der Waals surface area contributed by atoms with Crippen LogP contribution in [0.25, 0.3) is 5.69 Å². The first-order valence-corrected chi connectivity index (χ1v) is 5.48. The summed E-state index contributed by atoms with van der Waals surface area (Å²) in [4.78, 5) is 0. The first kappa shape index (κ1) is 10.7. The van der Waals surface area contributed by atoms with Crippen LogP contribution in [0.3, 0.4) is 0 Å². The molecule has 0 amide bonds. The third kappa shape index (κ3) is 1.81. The highest BCUT2D eigenvalue weighted by molar-refractivity contribution is 5.38. The van der Waals surface area contributed by atoms with E-state index in [0.29, 0.717) is 6.61 Å². The minimum absolute atomic E-state index is 0.645. The van der Waals surface area contributed by atoms with E-state index in [1.54, 1.807) is 0 Å². The minimum atomic E-state index is 0.645. The van der Waals surface area contributed by atoms with Crippen molar-refractivity contribution in [1.82, 2.24) is 9.78 Å². The third-order valence-corrected chi connectivity index (χ3v) is 2.65. The van der Waals surface area contributed by atoms with Crippen molar-refractivity contribution in [3.8, 4) is 11.6 Å². The highest BCUT2D eigenvalue weighted by atomic mass is 16.5. The highest BCUT2D eigenvalue weighted by Gasteiger charge is 2.12. The predicted octanol–water partition coefficient (Wildman–Crippen LogP) is 2.89. The van der Waals surface area contributed by atoms with Gasteiger partial charge >= 0.3 is 0 Å². The van der Waals surface area contributed by atoms with Crippen LogP contribution in [0.4, 0.5) is 0 Å². The standard InChI is InChI=1S/C13H16N2O/c1-4-16-13-10(2)11(3)15(14-13)12-8-6-5-7-9-12/h5-9H,4H2,1-3H3.